The number of nitrogens with zero attached hydrogens (tertiary/aromatic N) is 1. The van der Waals surface area contributed by atoms with Gasteiger partial charge in [-0.05, 0) is 48.4 Å². The summed E-state index contributed by atoms with van der Waals surface area (Å²) >= 11 is 0. The molecule has 22 heavy (non-hydrogen) atoms. The Morgan fingerprint density at radius 2 is 1.82 bits per heavy atom. The van der Waals surface area contributed by atoms with Crippen LogP contribution in [0.2, 0.25) is 0 Å². The lowest BCUT2D eigenvalue weighted by atomic mass is 9.94. The van der Waals surface area contributed by atoms with Gasteiger partial charge in [-0.25, -0.2) is 8.42 Å². The molecule has 1 fully saturated rings. The number of amides is 1. The zero-order valence-corrected chi connectivity index (χ0v) is 13.8. The molecule has 2 aliphatic heterocycles. The van der Waals surface area contributed by atoms with Crippen molar-refractivity contribution in [2.24, 2.45) is 11.8 Å². The van der Waals surface area contributed by atoms with Gasteiger partial charge in [0, 0.05) is 25.2 Å². The highest BCUT2D eigenvalue weighted by Crippen LogP contribution is 2.30. The first-order chi connectivity index (χ1) is 10.4. The number of hydrogen-bond acceptors (Lipinski definition) is 3. The lowest BCUT2D eigenvalue weighted by Crippen LogP contribution is -2.42. The van der Waals surface area contributed by atoms with Gasteiger partial charge >= 0.3 is 0 Å². The number of nitrogens with one attached hydrogen (secondary N) is 1. The van der Waals surface area contributed by atoms with E-state index >= 15 is 0 Å². The fourth-order valence-electron chi connectivity index (χ4n) is 3.47. The van der Waals surface area contributed by atoms with Crippen LogP contribution in [0.4, 0.5) is 5.69 Å². The Labute approximate surface area is 131 Å². The largest absolute Gasteiger partial charge is 0.326 e. The zero-order valence-electron chi connectivity index (χ0n) is 13.0. The topological polar surface area (TPSA) is 66.5 Å². The molecule has 2 heterocycles. The first-order valence-corrected chi connectivity index (χ1v) is 9.23. The van der Waals surface area contributed by atoms with E-state index in [0.717, 1.165) is 17.7 Å². The molecule has 3 rings (SSSR count). The molecular formula is C16H22N2O3S. The summed E-state index contributed by atoms with van der Waals surface area (Å²) in [5, 5.41) is 2.78. The third-order valence-electron chi connectivity index (χ3n) is 4.45. The molecule has 2 atom stereocenters. The minimum absolute atomic E-state index is 0.0122. The van der Waals surface area contributed by atoms with Gasteiger partial charge in [0.2, 0.25) is 15.9 Å². The molecule has 2 aliphatic rings. The van der Waals surface area contributed by atoms with E-state index < -0.39 is 10.0 Å². The second-order valence-electron chi connectivity index (χ2n) is 6.64. The van der Waals surface area contributed by atoms with E-state index in [1.54, 1.807) is 22.5 Å². The van der Waals surface area contributed by atoms with E-state index in [-0.39, 0.29) is 5.91 Å². The van der Waals surface area contributed by atoms with Crippen LogP contribution in [0, 0.1) is 11.8 Å². The molecular weight excluding hydrogens is 300 g/mol. The third-order valence-corrected chi connectivity index (χ3v) is 6.27. The van der Waals surface area contributed by atoms with Gasteiger partial charge < -0.3 is 5.32 Å². The van der Waals surface area contributed by atoms with Crippen LogP contribution >= 0.6 is 0 Å². The van der Waals surface area contributed by atoms with Gasteiger partial charge in [0.05, 0.1) is 4.90 Å². The molecule has 0 saturated carbocycles. The molecule has 0 radical (unpaired) electrons. The minimum atomic E-state index is -3.45. The quantitative estimate of drug-likeness (QED) is 0.908. The summed E-state index contributed by atoms with van der Waals surface area (Å²) in [6.45, 7) is 5.36. The van der Waals surface area contributed by atoms with Gasteiger partial charge in [-0.2, -0.15) is 4.31 Å². The zero-order chi connectivity index (χ0) is 15.9. The first-order valence-electron chi connectivity index (χ1n) is 7.79. The van der Waals surface area contributed by atoms with Crippen molar-refractivity contribution >= 4 is 21.6 Å². The minimum Gasteiger partial charge on any atom is -0.326 e. The Balaban J connectivity index is 1.91. The summed E-state index contributed by atoms with van der Waals surface area (Å²) in [6, 6.07) is 5.02. The van der Waals surface area contributed by atoms with E-state index in [4.69, 9.17) is 0 Å². The van der Waals surface area contributed by atoms with E-state index in [2.05, 4.69) is 19.2 Å². The summed E-state index contributed by atoms with van der Waals surface area (Å²) in [7, 11) is -3.45. The van der Waals surface area contributed by atoms with Crippen LogP contribution in [-0.2, 0) is 21.2 Å². The first kappa shape index (κ1) is 15.5. The normalized spacial score (nSPS) is 26.4. The molecule has 6 heteroatoms. The number of hydrogen-bond donors (Lipinski definition) is 1. The summed E-state index contributed by atoms with van der Waals surface area (Å²) in [5.41, 5.74) is 1.63. The number of carbonyl (C=O) groups is 1. The van der Waals surface area contributed by atoms with Gasteiger partial charge in [-0.15, -0.1) is 0 Å². The monoisotopic (exact) mass is 322 g/mol. The van der Waals surface area contributed by atoms with Gasteiger partial charge in [0.1, 0.15) is 0 Å². The van der Waals surface area contributed by atoms with Crippen LogP contribution < -0.4 is 5.32 Å². The van der Waals surface area contributed by atoms with Crippen molar-refractivity contribution in [3.05, 3.63) is 23.8 Å². The number of rotatable bonds is 2. The fourth-order valence-corrected chi connectivity index (χ4v) is 5.20. The molecule has 0 aromatic heterocycles. The van der Waals surface area contributed by atoms with E-state index in [0.29, 0.717) is 42.7 Å². The number of carbonyl (C=O) groups excluding carboxylic acids is 1. The number of sulfonamides is 1. The van der Waals surface area contributed by atoms with Crippen molar-refractivity contribution in [1.29, 1.82) is 0 Å². The number of fused-ring (bicyclic) bond motifs is 1. The lowest BCUT2D eigenvalue weighted by molar-refractivity contribution is -0.116. The number of anilines is 1. The Bertz CT molecular complexity index is 689. The van der Waals surface area contributed by atoms with Crippen LogP contribution in [0.25, 0.3) is 0 Å². The van der Waals surface area contributed by atoms with Crippen molar-refractivity contribution in [3.63, 3.8) is 0 Å². The highest BCUT2D eigenvalue weighted by atomic mass is 32.2. The number of aryl methyl sites for hydroxylation is 1. The van der Waals surface area contributed by atoms with Gasteiger partial charge in [0.25, 0.3) is 0 Å². The maximum absolute atomic E-state index is 12.9. The Morgan fingerprint density at radius 3 is 2.50 bits per heavy atom. The third kappa shape index (κ3) is 2.90. The molecule has 1 amide bonds. The Morgan fingerprint density at radius 1 is 1.14 bits per heavy atom. The van der Waals surface area contributed by atoms with E-state index in [9.17, 15) is 13.2 Å². The summed E-state index contributed by atoms with van der Waals surface area (Å²) in [5.74, 6) is 0.757. The molecule has 1 saturated heterocycles. The second-order valence-corrected chi connectivity index (χ2v) is 8.57. The average molecular weight is 322 g/mol. The highest BCUT2D eigenvalue weighted by Gasteiger charge is 2.32. The summed E-state index contributed by atoms with van der Waals surface area (Å²) < 4.78 is 27.3. The second kappa shape index (κ2) is 5.66. The SMILES string of the molecule is C[C@@H]1C[C@@H](C)CN(S(=O)(=O)c2ccc3c(c2)CCC(=O)N3)C1. The number of piperidine rings is 1. The molecule has 1 N–H and O–H groups in total. The van der Waals surface area contributed by atoms with E-state index in [1.165, 1.54) is 0 Å². The smallest absolute Gasteiger partial charge is 0.243 e. The maximum Gasteiger partial charge on any atom is 0.243 e. The summed E-state index contributed by atoms with van der Waals surface area (Å²) in [6.07, 6.45) is 2.08. The predicted octanol–water partition coefficient (Wildman–Crippen LogP) is 2.24. The molecule has 0 unspecified atom stereocenters. The molecule has 0 bridgehead atoms. The number of benzene rings is 1. The molecule has 120 valence electrons. The lowest BCUT2D eigenvalue weighted by Gasteiger charge is -2.34. The van der Waals surface area contributed by atoms with Crippen molar-refractivity contribution in [3.8, 4) is 0 Å². The van der Waals surface area contributed by atoms with Crippen LogP contribution in [0.3, 0.4) is 0 Å². The average Bonchev–Trinajstić information content (AvgIpc) is 2.45. The maximum atomic E-state index is 12.9. The van der Waals surface area contributed by atoms with Gasteiger partial charge in [0.15, 0.2) is 0 Å². The van der Waals surface area contributed by atoms with Crippen LogP contribution in [0.1, 0.15) is 32.3 Å². The predicted molar refractivity (Wildman–Crippen MR) is 85.1 cm³/mol. The van der Waals surface area contributed by atoms with Crippen LogP contribution in [0.5, 0.6) is 0 Å². The van der Waals surface area contributed by atoms with Crippen molar-refractivity contribution in [2.45, 2.75) is 38.0 Å². The molecule has 5 nitrogen and oxygen atoms in total. The van der Waals surface area contributed by atoms with Gasteiger partial charge in [-0.3, -0.25) is 4.79 Å². The van der Waals surface area contributed by atoms with Crippen LogP contribution in [0.15, 0.2) is 23.1 Å². The summed E-state index contributed by atoms with van der Waals surface area (Å²) in [4.78, 5) is 11.7. The van der Waals surface area contributed by atoms with E-state index in [1.807, 2.05) is 0 Å². The van der Waals surface area contributed by atoms with Crippen LogP contribution in [-0.4, -0.2) is 31.7 Å². The Hall–Kier alpha value is -1.40. The molecule has 1 aromatic carbocycles. The van der Waals surface area contributed by atoms with Crippen molar-refractivity contribution in [1.82, 2.24) is 4.31 Å². The molecule has 0 spiro atoms. The highest BCUT2D eigenvalue weighted by molar-refractivity contribution is 7.89. The van der Waals surface area contributed by atoms with Crippen molar-refractivity contribution < 1.29 is 13.2 Å². The molecule has 1 aromatic rings. The van der Waals surface area contributed by atoms with Crippen molar-refractivity contribution in [2.75, 3.05) is 18.4 Å². The standard InChI is InChI=1S/C16H22N2O3S/c1-11-7-12(2)10-18(9-11)22(20,21)14-4-5-15-13(8-14)3-6-16(19)17-15/h4-5,8,11-12H,3,6-7,9-10H2,1-2H3,(H,17,19)/t11-,12-/m1/s1. The Kier molecular flexibility index (Phi) is 3.99. The van der Waals surface area contributed by atoms with Gasteiger partial charge in [-0.1, -0.05) is 13.8 Å². The fraction of sp³-hybridized carbons (Fsp3) is 0.562. The molecule has 0 aliphatic carbocycles.